The fourth-order valence-corrected chi connectivity index (χ4v) is 3.00. The van der Waals surface area contributed by atoms with Crippen molar-refractivity contribution in [3.8, 4) is 0 Å². The van der Waals surface area contributed by atoms with E-state index in [1.807, 2.05) is 19.2 Å². The summed E-state index contributed by atoms with van der Waals surface area (Å²) in [5, 5.41) is 8.38. The van der Waals surface area contributed by atoms with Crippen molar-refractivity contribution in [2.24, 2.45) is 0 Å². The summed E-state index contributed by atoms with van der Waals surface area (Å²) in [5.41, 5.74) is 2.39. The second kappa shape index (κ2) is 6.98. The van der Waals surface area contributed by atoms with Gasteiger partial charge in [0.05, 0.1) is 10.6 Å². The SMILES string of the molecule is CCCc1nnsc1C(Cc1ccc(Cl)cc1)NC. The fraction of sp³-hybridized carbons (Fsp3) is 0.429. The highest BCUT2D eigenvalue weighted by atomic mass is 35.5. The molecule has 0 aliphatic rings. The maximum Gasteiger partial charge on any atom is 0.0803 e. The quantitative estimate of drug-likeness (QED) is 0.884. The summed E-state index contributed by atoms with van der Waals surface area (Å²) in [4.78, 5) is 1.25. The van der Waals surface area contributed by atoms with Crippen LogP contribution in [-0.2, 0) is 12.8 Å². The highest BCUT2D eigenvalue weighted by Crippen LogP contribution is 2.25. The van der Waals surface area contributed by atoms with Gasteiger partial charge in [0.15, 0.2) is 0 Å². The monoisotopic (exact) mass is 295 g/mol. The Kier molecular flexibility index (Phi) is 5.31. The molecule has 1 atom stereocenters. The molecule has 1 heterocycles. The Morgan fingerprint density at radius 3 is 2.68 bits per heavy atom. The van der Waals surface area contributed by atoms with Gasteiger partial charge < -0.3 is 5.32 Å². The van der Waals surface area contributed by atoms with E-state index in [1.54, 1.807) is 0 Å². The fourth-order valence-electron chi connectivity index (χ4n) is 2.07. The molecule has 1 unspecified atom stereocenters. The van der Waals surface area contributed by atoms with Gasteiger partial charge in [-0.3, -0.25) is 0 Å². The van der Waals surface area contributed by atoms with Crippen molar-refractivity contribution in [1.82, 2.24) is 14.9 Å². The van der Waals surface area contributed by atoms with E-state index in [0.29, 0.717) is 0 Å². The molecule has 0 saturated heterocycles. The lowest BCUT2D eigenvalue weighted by molar-refractivity contribution is 0.593. The second-order valence-electron chi connectivity index (χ2n) is 4.51. The van der Waals surface area contributed by atoms with Gasteiger partial charge in [0.25, 0.3) is 0 Å². The molecule has 0 radical (unpaired) electrons. The number of aromatic nitrogens is 2. The molecule has 1 aromatic carbocycles. The number of benzene rings is 1. The molecule has 102 valence electrons. The molecule has 2 rings (SSSR count). The molecular weight excluding hydrogens is 278 g/mol. The summed E-state index contributed by atoms with van der Waals surface area (Å²) in [6.07, 6.45) is 3.01. The maximum absolute atomic E-state index is 5.91. The predicted octanol–water partition coefficient (Wildman–Crippen LogP) is 3.65. The minimum atomic E-state index is 0.266. The van der Waals surface area contributed by atoms with Crippen LogP contribution in [0.15, 0.2) is 24.3 Å². The van der Waals surface area contributed by atoms with Gasteiger partial charge in [-0.1, -0.05) is 41.6 Å². The van der Waals surface area contributed by atoms with Gasteiger partial charge in [0, 0.05) is 11.1 Å². The molecule has 0 aliphatic carbocycles. The standard InChI is InChI=1S/C14H18ClN3S/c1-3-4-12-14(19-18-17-12)13(16-2)9-10-5-7-11(15)8-6-10/h5-8,13,16H,3-4,9H2,1-2H3. The van der Waals surface area contributed by atoms with Crippen molar-refractivity contribution in [2.45, 2.75) is 32.2 Å². The predicted molar refractivity (Wildman–Crippen MR) is 80.9 cm³/mol. The van der Waals surface area contributed by atoms with Crippen LogP contribution < -0.4 is 5.32 Å². The summed E-state index contributed by atoms with van der Waals surface area (Å²) in [6, 6.07) is 8.27. The number of aryl methyl sites for hydroxylation is 1. The van der Waals surface area contributed by atoms with Crippen LogP contribution in [-0.4, -0.2) is 16.6 Å². The van der Waals surface area contributed by atoms with Crippen LogP contribution in [0.25, 0.3) is 0 Å². The molecule has 19 heavy (non-hydrogen) atoms. The Morgan fingerprint density at radius 1 is 1.32 bits per heavy atom. The van der Waals surface area contributed by atoms with Crippen molar-refractivity contribution >= 4 is 23.1 Å². The first-order valence-corrected chi connectivity index (χ1v) is 7.62. The Hall–Kier alpha value is -0.970. The highest BCUT2D eigenvalue weighted by Gasteiger charge is 2.17. The van der Waals surface area contributed by atoms with Crippen LogP contribution in [0.3, 0.4) is 0 Å². The van der Waals surface area contributed by atoms with E-state index in [1.165, 1.54) is 22.0 Å². The third kappa shape index (κ3) is 3.75. The number of hydrogen-bond donors (Lipinski definition) is 1. The van der Waals surface area contributed by atoms with Crippen molar-refractivity contribution in [2.75, 3.05) is 7.05 Å². The highest BCUT2D eigenvalue weighted by molar-refractivity contribution is 7.05. The number of nitrogens with zero attached hydrogens (tertiary/aromatic N) is 2. The Labute approximate surface area is 123 Å². The summed E-state index contributed by atoms with van der Waals surface area (Å²) in [7, 11) is 1.98. The van der Waals surface area contributed by atoms with Gasteiger partial charge >= 0.3 is 0 Å². The molecule has 2 aromatic rings. The average molecular weight is 296 g/mol. The molecule has 0 aliphatic heterocycles. The van der Waals surface area contributed by atoms with Gasteiger partial charge in [0.2, 0.25) is 0 Å². The van der Waals surface area contributed by atoms with Crippen LogP contribution in [0, 0.1) is 0 Å². The largest absolute Gasteiger partial charge is 0.312 e. The minimum absolute atomic E-state index is 0.266. The van der Waals surface area contributed by atoms with Gasteiger partial charge in [-0.05, 0) is 49.1 Å². The summed E-state index contributed by atoms with van der Waals surface area (Å²) < 4.78 is 4.10. The van der Waals surface area contributed by atoms with Crippen LogP contribution >= 0.6 is 23.1 Å². The molecule has 1 aromatic heterocycles. The normalized spacial score (nSPS) is 12.6. The van der Waals surface area contributed by atoms with E-state index in [-0.39, 0.29) is 6.04 Å². The van der Waals surface area contributed by atoms with Crippen LogP contribution in [0.5, 0.6) is 0 Å². The zero-order chi connectivity index (χ0) is 13.7. The number of rotatable bonds is 6. The van der Waals surface area contributed by atoms with E-state index in [0.717, 1.165) is 30.0 Å². The maximum atomic E-state index is 5.91. The lowest BCUT2D eigenvalue weighted by atomic mass is 10.0. The summed E-state index contributed by atoms with van der Waals surface area (Å²) >= 11 is 7.41. The number of hydrogen-bond acceptors (Lipinski definition) is 4. The number of halogens is 1. The molecule has 0 amide bonds. The van der Waals surface area contributed by atoms with Crippen molar-refractivity contribution in [3.05, 3.63) is 45.4 Å². The number of nitrogens with one attached hydrogen (secondary N) is 1. The van der Waals surface area contributed by atoms with E-state index < -0.39 is 0 Å². The van der Waals surface area contributed by atoms with Gasteiger partial charge in [-0.25, -0.2) is 0 Å². The average Bonchev–Trinajstić information content (AvgIpc) is 2.87. The molecule has 0 saturated carbocycles. The first kappa shape index (κ1) is 14.4. The minimum Gasteiger partial charge on any atom is -0.312 e. The van der Waals surface area contributed by atoms with Gasteiger partial charge in [-0.15, -0.1) is 5.10 Å². The smallest absolute Gasteiger partial charge is 0.0803 e. The Morgan fingerprint density at radius 2 is 2.05 bits per heavy atom. The van der Waals surface area contributed by atoms with Crippen molar-refractivity contribution < 1.29 is 0 Å². The van der Waals surface area contributed by atoms with Crippen molar-refractivity contribution in [1.29, 1.82) is 0 Å². The van der Waals surface area contributed by atoms with Crippen LogP contribution in [0.4, 0.5) is 0 Å². The Bertz CT molecular complexity index is 510. The molecule has 1 N–H and O–H groups in total. The molecule has 0 bridgehead atoms. The zero-order valence-electron chi connectivity index (χ0n) is 11.2. The summed E-state index contributed by atoms with van der Waals surface area (Å²) in [6.45, 7) is 2.16. The molecule has 5 heteroatoms. The molecule has 0 spiro atoms. The van der Waals surface area contributed by atoms with E-state index in [9.17, 15) is 0 Å². The Balaban J connectivity index is 2.15. The van der Waals surface area contributed by atoms with E-state index >= 15 is 0 Å². The second-order valence-corrected chi connectivity index (χ2v) is 5.73. The first-order chi connectivity index (χ1) is 9.24. The van der Waals surface area contributed by atoms with E-state index in [2.05, 4.69) is 34.0 Å². The van der Waals surface area contributed by atoms with Crippen LogP contribution in [0.1, 0.15) is 35.5 Å². The van der Waals surface area contributed by atoms with Crippen molar-refractivity contribution in [3.63, 3.8) is 0 Å². The molecule has 3 nitrogen and oxygen atoms in total. The molecule has 0 fully saturated rings. The zero-order valence-corrected chi connectivity index (χ0v) is 12.8. The van der Waals surface area contributed by atoms with Crippen LogP contribution in [0.2, 0.25) is 5.02 Å². The topological polar surface area (TPSA) is 37.8 Å². The van der Waals surface area contributed by atoms with E-state index in [4.69, 9.17) is 11.6 Å². The summed E-state index contributed by atoms with van der Waals surface area (Å²) in [5.74, 6) is 0. The third-order valence-electron chi connectivity index (χ3n) is 3.09. The molecular formula is C14H18ClN3S. The lowest BCUT2D eigenvalue weighted by Gasteiger charge is -2.15. The van der Waals surface area contributed by atoms with Gasteiger partial charge in [0.1, 0.15) is 0 Å². The first-order valence-electron chi connectivity index (χ1n) is 6.47. The number of likely N-dealkylation sites (N-methyl/N-ethyl adjacent to an activating group) is 1. The van der Waals surface area contributed by atoms with Gasteiger partial charge in [-0.2, -0.15) is 0 Å². The lowest BCUT2D eigenvalue weighted by Crippen LogP contribution is -2.19. The third-order valence-corrected chi connectivity index (χ3v) is 4.22.